The van der Waals surface area contributed by atoms with E-state index in [0.717, 1.165) is 21.9 Å². The van der Waals surface area contributed by atoms with E-state index in [9.17, 15) is 8.76 Å². The molecular weight excluding hydrogens is 236 g/mol. The molecule has 17 heavy (non-hydrogen) atoms. The molecule has 0 bridgehead atoms. The van der Waals surface area contributed by atoms with Crippen LogP contribution < -0.4 is 0 Å². The highest BCUT2D eigenvalue weighted by molar-refractivity contribution is 7.74. The summed E-state index contributed by atoms with van der Waals surface area (Å²) < 4.78 is 26.2. The van der Waals surface area contributed by atoms with Crippen LogP contribution in [0.2, 0.25) is 0 Å². The van der Waals surface area contributed by atoms with Crippen LogP contribution in [0.5, 0.6) is 0 Å². The van der Waals surface area contributed by atoms with Gasteiger partial charge < -0.3 is 4.55 Å². The van der Waals surface area contributed by atoms with Crippen molar-refractivity contribution >= 4 is 28.2 Å². The fourth-order valence-corrected chi connectivity index (χ4v) is 2.58. The molecule has 2 atom stereocenters. The van der Waals surface area contributed by atoms with E-state index < -0.39 is 17.5 Å². The molecule has 1 aliphatic carbocycles. The van der Waals surface area contributed by atoms with E-state index in [1.807, 2.05) is 42.5 Å². The number of benzene rings is 2. The predicted molar refractivity (Wildman–Crippen MR) is 65.7 cm³/mol. The third-order valence-electron chi connectivity index (χ3n) is 2.91. The summed E-state index contributed by atoms with van der Waals surface area (Å²) in [6, 6.07) is 11.8. The van der Waals surface area contributed by atoms with Crippen molar-refractivity contribution in [3.8, 4) is 0 Å². The van der Waals surface area contributed by atoms with Gasteiger partial charge in [0.15, 0.2) is 0 Å². The summed E-state index contributed by atoms with van der Waals surface area (Å²) in [4.78, 5) is 0. The van der Waals surface area contributed by atoms with E-state index in [2.05, 4.69) is 0 Å². The minimum absolute atomic E-state index is 0.521. The van der Waals surface area contributed by atoms with Crippen LogP contribution in [-0.2, 0) is 15.5 Å². The highest BCUT2D eigenvalue weighted by Gasteiger charge is 2.17. The van der Waals surface area contributed by atoms with Gasteiger partial charge in [0.05, 0.1) is 11.4 Å². The molecule has 0 aliphatic heterocycles. The lowest BCUT2D eigenvalue weighted by Crippen LogP contribution is -2.07. The molecule has 86 valence electrons. The third kappa shape index (κ3) is 1.80. The number of hydrogen-bond acceptors (Lipinski definition) is 3. The van der Waals surface area contributed by atoms with Crippen molar-refractivity contribution in [2.75, 3.05) is 0 Å². The first-order valence-corrected chi connectivity index (χ1v) is 6.22. The maximum absolute atomic E-state index is 10.6. The average molecular weight is 245 g/mol. The summed E-state index contributed by atoms with van der Waals surface area (Å²) in [5.41, 5.74) is 1.99. The smallest absolute Gasteiger partial charge is 0.118 e. The normalized spacial score (nSPS) is 19.5. The first-order valence-electron chi connectivity index (χ1n) is 5.22. The van der Waals surface area contributed by atoms with Crippen molar-refractivity contribution in [3.05, 3.63) is 53.6 Å². The Morgan fingerprint density at radius 1 is 1.18 bits per heavy atom. The zero-order chi connectivity index (χ0) is 11.8. The van der Waals surface area contributed by atoms with Crippen LogP contribution in [-0.4, -0.2) is 8.76 Å². The number of hydrogen-bond donors (Lipinski definition) is 0. The van der Waals surface area contributed by atoms with Gasteiger partial charge in [-0.3, -0.25) is 4.18 Å². The fourth-order valence-electron chi connectivity index (χ4n) is 2.24. The maximum atomic E-state index is 10.6. The van der Waals surface area contributed by atoms with Gasteiger partial charge in [-0.2, -0.15) is 0 Å². The van der Waals surface area contributed by atoms with Gasteiger partial charge in [-0.25, -0.2) is 4.21 Å². The van der Waals surface area contributed by atoms with E-state index >= 15 is 0 Å². The molecule has 3 rings (SSSR count). The maximum Gasteiger partial charge on any atom is 0.118 e. The number of rotatable bonds is 2. The predicted octanol–water partition coefficient (Wildman–Crippen LogP) is 2.72. The molecule has 2 aromatic rings. The van der Waals surface area contributed by atoms with Gasteiger partial charge in [-0.15, -0.1) is 0 Å². The summed E-state index contributed by atoms with van der Waals surface area (Å²) >= 11 is -2.51. The van der Waals surface area contributed by atoms with Crippen molar-refractivity contribution in [1.29, 1.82) is 0 Å². The molecular formula is C13H9O3S-. The zero-order valence-corrected chi connectivity index (χ0v) is 9.65. The van der Waals surface area contributed by atoms with Gasteiger partial charge in [-0.1, -0.05) is 42.5 Å². The Morgan fingerprint density at radius 3 is 2.71 bits per heavy atom. The lowest BCUT2D eigenvalue weighted by Gasteiger charge is -2.21. The van der Waals surface area contributed by atoms with Crippen molar-refractivity contribution in [2.24, 2.45) is 0 Å². The van der Waals surface area contributed by atoms with Gasteiger partial charge in [0.25, 0.3) is 0 Å². The van der Waals surface area contributed by atoms with Crippen LogP contribution in [0, 0.1) is 0 Å². The van der Waals surface area contributed by atoms with Crippen LogP contribution in [0.25, 0.3) is 16.8 Å². The van der Waals surface area contributed by atoms with Crippen molar-refractivity contribution in [3.63, 3.8) is 0 Å². The minimum atomic E-state index is -2.51. The van der Waals surface area contributed by atoms with E-state index in [4.69, 9.17) is 4.18 Å². The Morgan fingerprint density at radius 2 is 1.94 bits per heavy atom. The summed E-state index contributed by atoms with van der Waals surface area (Å²) in [5, 5.41) is 2.16. The molecule has 2 unspecified atom stereocenters. The van der Waals surface area contributed by atoms with Crippen LogP contribution in [0.4, 0.5) is 0 Å². The van der Waals surface area contributed by atoms with Crippen LogP contribution in [0.1, 0.15) is 17.2 Å². The average Bonchev–Trinajstić information content (AvgIpc) is 2.33. The van der Waals surface area contributed by atoms with E-state index in [-0.39, 0.29) is 0 Å². The third-order valence-corrected chi connectivity index (χ3v) is 3.27. The molecule has 2 aromatic carbocycles. The topological polar surface area (TPSA) is 49.4 Å². The van der Waals surface area contributed by atoms with Crippen LogP contribution in [0.15, 0.2) is 42.5 Å². The summed E-state index contributed by atoms with van der Waals surface area (Å²) in [6.45, 7) is 0. The van der Waals surface area contributed by atoms with E-state index in [1.165, 1.54) is 0 Å². The van der Waals surface area contributed by atoms with Gasteiger partial charge >= 0.3 is 0 Å². The molecule has 3 nitrogen and oxygen atoms in total. The standard InChI is InChI=1S/C13H10O3S/c14-17(15)16-12-8-7-10-4-1-3-9-5-2-6-11(12)13(9)10/h1-8,12H,(H,14,15)/p-1. The Labute approximate surface area is 101 Å². The molecule has 0 saturated heterocycles. The SMILES string of the molecule is O=S([O-])OC1C=Cc2cccc3cccc1c23. The zero-order valence-electron chi connectivity index (χ0n) is 8.83. The molecule has 1 aliphatic rings. The second-order valence-corrected chi connectivity index (χ2v) is 4.47. The van der Waals surface area contributed by atoms with Crippen molar-refractivity contribution in [2.45, 2.75) is 6.10 Å². The summed E-state index contributed by atoms with van der Waals surface area (Å²) in [6.07, 6.45) is 3.13. The van der Waals surface area contributed by atoms with E-state index in [0.29, 0.717) is 0 Å². The van der Waals surface area contributed by atoms with E-state index in [1.54, 1.807) is 6.08 Å². The first-order chi connectivity index (χ1) is 8.25. The molecule has 0 spiro atoms. The highest BCUT2D eigenvalue weighted by Crippen LogP contribution is 2.35. The largest absolute Gasteiger partial charge is 0.750 e. The monoisotopic (exact) mass is 245 g/mol. The minimum Gasteiger partial charge on any atom is -0.750 e. The van der Waals surface area contributed by atoms with Gasteiger partial charge in [0.2, 0.25) is 0 Å². The first kappa shape index (κ1) is 10.7. The Bertz CT molecular complexity index is 628. The second-order valence-electron chi connectivity index (χ2n) is 3.87. The van der Waals surface area contributed by atoms with Crippen molar-refractivity contribution < 1.29 is 12.9 Å². The molecule has 0 saturated carbocycles. The molecule has 0 heterocycles. The van der Waals surface area contributed by atoms with Gasteiger partial charge in [0, 0.05) is 0 Å². The Balaban J connectivity index is 2.23. The lowest BCUT2D eigenvalue weighted by molar-refractivity contribution is 0.250. The summed E-state index contributed by atoms with van der Waals surface area (Å²) in [5.74, 6) is 0. The van der Waals surface area contributed by atoms with Crippen LogP contribution in [0.3, 0.4) is 0 Å². The second kappa shape index (κ2) is 4.07. The molecule has 0 aromatic heterocycles. The Hall–Kier alpha value is -1.49. The summed E-state index contributed by atoms with van der Waals surface area (Å²) in [7, 11) is 0. The molecule has 0 fully saturated rings. The van der Waals surface area contributed by atoms with Crippen molar-refractivity contribution in [1.82, 2.24) is 0 Å². The molecule has 4 heteroatoms. The molecule has 0 N–H and O–H groups in total. The molecule has 0 amide bonds. The van der Waals surface area contributed by atoms with Gasteiger partial charge in [0.1, 0.15) is 6.10 Å². The lowest BCUT2D eigenvalue weighted by atomic mass is 9.92. The quantitative estimate of drug-likeness (QED) is 0.764. The van der Waals surface area contributed by atoms with Crippen LogP contribution >= 0.6 is 0 Å². The highest BCUT2D eigenvalue weighted by atomic mass is 32.2. The fraction of sp³-hybridized carbons (Fsp3) is 0.0769. The van der Waals surface area contributed by atoms with Gasteiger partial charge in [-0.05, 0) is 28.0 Å². The molecule has 0 radical (unpaired) electrons. The Kier molecular flexibility index (Phi) is 2.55.